The van der Waals surface area contributed by atoms with E-state index in [0.29, 0.717) is 0 Å². The molecule has 0 aliphatic heterocycles. The molecule has 0 N–H and O–H groups in total. The van der Waals surface area contributed by atoms with Crippen molar-refractivity contribution in [3.05, 3.63) is 22.7 Å². The zero-order valence-corrected chi connectivity index (χ0v) is 8.33. The number of methoxy groups -OCH3 is 1. The van der Waals surface area contributed by atoms with Gasteiger partial charge in [0.2, 0.25) is 5.28 Å². The van der Waals surface area contributed by atoms with E-state index >= 15 is 0 Å². The number of hydrogen-bond donors (Lipinski definition) is 0. The summed E-state index contributed by atoms with van der Waals surface area (Å²) in [6.07, 6.45) is 0. The molecule has 0 fully saturated rings. The third kappa shape index (κ3) is 2.26. The Morgan fingerprint density at radius 1 is 1.36 bits per heavy atom. The first-order valence-corrected chi connectivity index (χ1v) is 4.06. The molecule has 0 aliphatic carbocycles. The van der Waals surface area contributed by atoms with Crippen molar-refractivity contribution < 1.29 is 14.3 Å². The van der Waals surface area contributed by atoms with E-state index in [1.54, 1.807) is 0 Å². The van der Waals surface area contributed by atoms with Gasteiger partial charge in [-0.15, -0.1) is 0 Å². The molecule has 1 rings (SSSR count). The van der Waals surface area contributed by atoms with Crippen LogP contribution in [0.15, 0.2) is 6.07 Å². The standard InChI is InChI=1S/C8H7ClN2O3/c1-4(12)5-3-6(7(13)14-2)11-8(9)10-5/h3H,1-2H3. The number of ether oxygens (including phenoxy) is 1. The number of nitrogens with zero attached hydrogens (tertiary/aromatic N) is 2. The van der Waals surface area contributed by atoms with E-state index in [4.69, 9.17) is 11.6 Å². The predicted octanol–water partition coefficient (Wildman–Crippen LogP) is 1.12. The van der Waals surface area contributed by atoms with Crippen LogP contribution < -0.4 is 0 Å². The molecule has 74 valence electrons. The average Bonchev–Trinajstić information content (AvgIpc) is 2.15. The maximum absolute atomic E-state index is 11.1. The molecule has 1 aromatic heterocycles. The van der Waals surface area contributed by atoms with Crippen molar-refractivity contribution in [1.82, 2.24) is 9.97 Å². The predicted molar refractivity (Wildman–Crippen MR) is 48.4 cm³/mol. The summed E-state index contributed by atoms with van der Waals surface area (Å²) in [5, 5.41) is -0.155. The number of carbonyl (C=O) groups excluding carboxylic acids is 2. The Morgan fingerprint density at radius 3 is 2.43 bits per heavy atom. The second-order valence-electron chi connectivity index (χ2n) is 2.46. The zero-order valence-electron chi connectivity index (χ0n) is 7.57. The van der Waals surface area contributed by atoms with E-state index in [1.165, 1.54) is 20.1 Å². The summed E-state index contributed by atoms with van der Waals surface area (Å²) in [5.74, 6) is -0.948. The van der Waals surface area contributed by atoms with Gasteiger partial charge in [0.15, 0.2) is 11.5 Å². The summed E-state index contributed by atoms with van der Waals surface area (Å²) < 4.78 is 4.43. The molecule has 14 heavy (non-hydrogen) atoms. The maximum Gasteiger partial charge on any atom is 0.356 e. The monoisotopic (exact) mass is 214 g/mol. The Kier molecular flexibility index (Phi) is 3.14. The lowest BCUT2D eigenvalue weighted by molar-refractivity contribution is 0.0594. The summed E-state index contributed by atoms with van der Waals surface area (Å²) in [4.78, 5) is 29.3. The molecule has 1 heterocycles. The van der Waals surface area contributed by atoms with E-state index < -0.39 is 5.97 Å². The highest BCUT2D eigenvalue weighted by molar-refractivity contribution is 6.28. The molecule has 0 aromatic carbocycles. The highest BCUT2D eigenvalue weighted by Gasteiger charge is 2.12. The minimum atomic E-state index is -0.656. The molecule has 0 spiro atoms. The van der Waals surface area contributed by atoms with Gasteiger partial charge in [-0.2, -0.15) is 0 Å². The quantitative estimate of drug-likeness (QED) is 0.419. The Bertz CT molecular complexity index is 392. The van der Waals surface area contributed by atoms with E-state index in [-0.39, 0.29) is 22.5 Å². The van der Waals surface area contributed by atoms with Gasteiger partial charge < -0.3 is 4.74 Å². The van der Waals surface area contributed by atoms with Crippen LogP contribution in [0.2, 0.25) is 5.28 Å². The molecule has 0 amide bonds. The van der Waals surface area contributed by atoms with E-state index in [9.17, 15) is 9.59 Å². The molecule has 0 bridgehead atoms. The van der Waals surface area contributed by atoms with Crippen LogP contribution in [-0.2, 0) is 4.74 Å². The van der Waals surface area contributed by atoms with Gasteiger partial charge >= 0.3 is 5.97 Å². The van der Waals surface area contributed by atoms with Crippen LogP contribution >= 0.6 is 11.6 Å². The van der Waals surface area contributed by atoms with Gasteiger partial charge in [0.05, 0.1) is 7.11 Å². The Labute approximate surface area is 85.1 Å². The van der Waals surface area contributed by atoms with Gasteiger partial charge in [0.25, 0.3) is 0 Å². The summed E-state index contributed by atoms with van der Waals surface area (Å²) in [6.45, 7) is 1.32. The topological polar surface area (TPSA) is 69.2 Å². The van der Waals surface area contributed by atoms with Gasteiger partial charge in [-0.05, 0) is 11.6 Å². The number of aromatic nitrogens is 2. The number of hydrogen-bond acceptors (Lipinski definition) is 5. The van der Waals surface area contributed by atoms with Crippen molar-refractivity contribution in [2.45, 2.75) is 6.92 Å². The lowest BCUT2D eigenvalue weighted by Crippen LogP contribution is -2.08. The summed E-state index contributed by atoms with van der Waals surface area (Å²) in [6, 6.07) is 1.24. The number of ketones is 1. The number of Topliss-reactive ketones (excluding diaryl/α,β-unsaturated/α-hetero) is 1. The van der Waals surface area contributed by atoms with Crippen molar-refractivity contribution in [3.8, 4) is 0 Å². The molecule has 5 nitrogen and oxygen atoms in total. The van der Waals surface area contributed by atoms with E-state index in [1.807, 2.05) is 0 Å². The van der Waals surface area contributed by atoms with Crippen LogP contribution in [0.4, 0.5) is 0 Å². The lowest BCUT2D eigenvalue weighted by Gasteiger charge is -2.00. The van der Waals surface area contributed by atoms with Crippen molar-refractivity contribution in [2.24, 2.45) is 0 Å². The van der Waals surface area contributed by atoms with Gasteiger partial charge in [-0.25, -0.2) is 14.8 Å². The second-order valence-corrected chi connectivity index (χ2v) is 2.79. The Hall–Kier alpha value is -1.49. The molecule has 0 saturated heterocycles. The number of carbonyl (C=O) groups is 2. The molecule has 6 heteroatoms. The van der Waals surface area contributed by atoms with Gasteiger partial charge in [-0.1, -0.05) is 0 Å². The molecule has 1 aromatic rings. The fourth-order valence-electron chi connectivity index (χ4n) is 0.807. The maximum atomic E-state index is 11.1. The fraction of sp³-hybridized carbons (Fsp3) is 0.250. The molecular weight excluding hydrogens is 208 g/mol. The Balaban J connectivity index is 3.20. The highest BCUT2D eigenvalue weighted by Crippen LogP contribution is 2.07. The fourth-order valence-corrected chi connectivity index (χ4v) is 0.989. The first-order valence-electron chi connectivity index (χ1n) is 3.68. The average molecular weight is 215 g/mol. The molecule has 0 unspecified atom stereocenters. The van der Waals surface area contributed by atoms with E-state index in [2.05, 4.69) is 14.7 Å². The van der Waals surface area contributed by atoms with Gasteiger partial charge in [-0.3, -0.25) is 4.79 Å². The molecule has 0 radical (unpaired) electrons. The van der Waals surface area contributed by atoms with Crippen molar-refractivity contribution >= 4 is 23.4 Å². The van der Waals surface area contributed by atoms with Crippen LogP contribution in [-0.4, -0.2) is 28.8 Å². The number of rotatable bonds is 2. The summed E-state index contributed by atoms with van der Waals surface area (Å²) in [5.41, 5.74) is 0.0584. The first kappa shape index (κ1) is 10.6. The minimum Gasteiger partial charge on any atom is -0.464 e. The molecule has 0 saturated carbocycles. The van der Waals surface area contributed by atoms with Crippen molar-refractivity contribution in [2.75, 3.05) is 7.11 Å². The van der Waals surface area contributed by atoms with Crippen LogP contribution in [0.5, 0.6) is 0 Å². The summed E-state index contributed by atoms with van der Waals surface area (Å²) in [7, 11) is 1.21. The van der Waals surface area contributed by atoms with Crippen LogP contribution in [0, 0.1) is 0 Å². The largest absolute Gasteiger partial charge is 0.464 e. The van der Waals surface area contributed by atoms with Crippen molar-refractivity contribution in [3.63, 3.8) is 0 Å². The number of esters is 1. The molecule has 0 atom stereocenters. The lowest BCUT2D eigenvalue weighted by atomic mass is 10.2. The minimum absolute atomic E-state index is 0.0299. The third-order valence-electron chi connectivity index (χ3n) is 1.45. The smallest absolute Gasteiger partial charge is 0.356 e. The normalized spacial score (nSPS) is 9.64. The van der Waals surface area contributed by atoms with Gasteiger partial charge in [0.1, 0.15) is 5.69 Å². The summed E-state index contributed by atoms with van der Waals surface area (Å²) >= 11 is 5.51. The Morgan fingerprint density at radius 2 is 1.93 bits per heavy atom. The van der Waals surface area contributed by atoms with Crippen molar-refractivity contribution in [1.29, 1.82) is 0 Å². The third-order valence-corrected chi connectivity index (χ3v) is 1.62. The second kappa shape index (κ2) is 4.15. The SMILES string of the molecule is COC(=O)c1cc(C(C)=O)nc(Cl)n1. The highest BCUT2D eigenvalue weighted by atomic mass is 35.5. The number of halogens is 1. The first-order chi connectivity index (χ1) is 6.54. The van der Waals surface area contributed by atoms with E-state index in [0.717, 1.165) is 0 Å². The van der Waals surface area contributed by atoms with Crippen LogP contribution in [0.3, 0.4) is 0 Å². The zero-order chi connectivity index (χ0) is 10.7. The molecule has 0 aliphatic rings. The van der Waals surface area contributed by atoms with Crippen LogP contribution in [0.25, 0.3) is 0 Å². The van der Waals surface area contributed by atoms with Crippen LogP contribution in [0.1, 0.15) is 27.9 Å². The van der Waals surface area contributed by atoms with Gasteiger partial charge in [0, 0.05) is 13.0 Å². The molecular formula is C8H7ClN2O3.